The van der Waals surface area contributed by atoms with E-state index in [1.165, 1.54) is 57.8 Å². The molecule has 0 amide bonds. The number of hydrogen-bond acceptors (Lipinski definition) is 5. The number of aryl methyl sites for hydroxylation is 1. The molecule has 0 saturated carbocycles. The molecule has 33 heavy (non-hydrogen) atoms. The van der Waals surface area contributed by atoms with Crippen LogP contribution < -0.4 is 4.74 Å². The molecular weight excluding hydrogens is 464 g/mol. The van der Waals surface area contributed by atoms with Crippen molar-refractivity contribution in [1.29, 1.82) is 0 Å². The number of hydrogen-bond donors (Lipinski definition) is 2. The van der Waals surface area contributed by atoms with E-state index < -0.39 is 30.0 Å². The van der Waals surface area contributed by atoms with Crippen LogP contribution in [0.1, 0.15) is 76.7 Å². The predicted octanol–water partition coefficient (Wildman–Crippen LogP) is 6.44. The molecule has 7 nitrogen and oxygen atoms in total. The van der Waals surface area contributed by atoms with Gasteiger partial charge in [0, 0.05) is 12.1 Å². The predicted molar refractivity (Wildman–Crippen MR) is 128 cm³/mol. The van der Waals surface area contributed by atoms with E-state index in [-0.39, 0.29) is 5.75 Å². The monoisotopic (exact) mass is 498 g/mol. The van der Waals surface area contributed by atoms with Gasteiger partial charge in [-0.1, -0.05) is 76.8 Å². The summed E-state index contributed by atoms with van der Waals surface area (Å²) in [7, 11) is -9.37. The van der Waals surface area contributed by atoms with Crippen LogP contribution in [-0.4, -0.2) is 25.9 Å². The Morgan fingerprint density at radius 1 is 0.636 bits per heavy atom. The van der Waals surface area contributed by atoms with Crippen molar-refractivity contribution in [1.82, 2.24) is 0 Å². The normalized spacial score (nSPS) is 12.1. The number of rotatable bonds is 15. The van der Waals surface area contributed by atoms with Gasteiger partial charge in [0.15, 0.2) is 0 Å². The van der Waals surface area contributed by atoms with Gasteiger partial charge >= 0.3 is 0 Å². The molecule has 2 aromatic rings. The largest absolute Gasteiger partial charge is 0.457 e. The quantitative estimate of drug-likeness (QED) is 0.214. The van der Waals surface area contributed by atoms with Gasteiger partial charge in [-0.15, -0.1) is 0 Å². The first-order chi connectivity index (χ1) is 15.6. The van der Waals surface area contributed by atoms with Gasteiger partial charge in [-0.25, -0.2) is 0 Å². The highest BCUT2D eigenvalue weighted by atomic mass is 32.2. The average Bonchev–Trinajstić information content (AvgIpc) is 2.75. The van der Waals surface area contributed by atoms with Crippen molar-refractivity contribution in [2.75, 3.05) is 0 Å². The van der Waals surface area contributed by atoms with Crippen LogP contribution in [0.25, 0.3) is 0 Å². The Hall–Kier alpha value is -1.94. The number of unbranched alkanes of at least 4 members (excludes halogenated alkanes) is 9. The lowest BCUT2D eigenvalue weighted by Crippen LogP contribution is -2.04. The van der Waals surface area contributed by atoms with E-state index in [1.807, 2.05) is 12.1 Å². The van der Waals surface area contributed by atoms with Gasteiger partial charge in [0.05, 0.1) is 9.79 Å². The van der Waals surface area contributed by atoms with Gasteiger partial charge in [0.1, 0.15) is 11.5 Å². The van der Waals surface area contributed by atoms with Crippen molar-refractivity contribution in [3.63, 3.8) is 0 Å². The zero-order valence-corrected chi connectivity index (χ0v) is 20.7. The van der Waals surface area contributed by atoms with Gasteiger partial charge in [-0.2, -0.15) is 16.8 Å². The molecule has 0 bridgehead atoms. The lowest BCUT2D eigenvalue weighted by Gasteiger charge is -2.10. The fourth-order valence-electron chi connectivity index (χ4n) is 3.58. The first kappa shape index (κ1) is 27.3. The summed E-state index contributed by atoms with van der Waals surface area (Å²) in [5, 5.41) is 0. The van der Waals surface area contributed by atoms with Crippen molar-refractivity contribution < 1.29 is 30.7 Å². The minimum Gasteiger partial charge on any atom is -0.457 e. The van der Waals surface area contributed by atoms with Crippen LogP contribution in [-0.2, 0) is 26.7 Å². The van der Waals surface area contributed by atoms with Crippen LogP contribution in [0.3, 0.4) is 0 Å². The number of benzene rings is 2. The van der Waals surface area contributed by atoms with E-state index in [1.54, 1.807) is 12.1 Å². The highest BCUT2D eigenvalue weighted by Gasteiger charge is 2.19. The molecule has 0 aliphatic carbocycles. The summed E-state index contributed by atoms with van der Waals surface area (Å²) in [5.74, 6) is 0.232. The number of ether oxygens (including phenoxy) is 1. The van der Waals surface area contributed by atoms with Gasteiger partial charge < -0.3 is 4.74 Å². The molecule has 0 aliphatic heterocycles. The smallest absolute Gasteiger partial charge is 0.294 e. The Bertz CT molecular complexity index is 1030. The van der Waals surface area contributed by atoms with E-state index in [4.69, 9.17) is 4.74 Å². The molecule has 0 aliphatic rings. The van der Waals surface area contributed by atoms with E-state index >= 15 is 0 Å². The fraction of sp³-hybridized carbons (Fsp3) is 0.500. The maximum Gasteiger partial charge on any atom is 0.294 e. The van der Waals surface area contributed by atoms with Crippen molar-refractivity contribution >= 4 is 20.2 Å². The third kappa shape index (κ3) is 10.2. The topological polar surface area (TPSA) is 118 Å². The Morgan fingerprint density at radius 2 is 1.09 bits per heavy atom. The van der Waals surface area contributed by atoms with Crippen LogP contribution in [0.5, 0.6) is 11.5 Å². The SMILES string of the molecule is CCCCCCCCCCCCc1ccc(Oc2cc(S(=O)(=O)O)cc(S(=O)(=O)O)c2)cc1. The lowest BCUT2D eigenvalue weighted by atomic mass is 10.0. The van der Waals surface area contributed by atoms with Crippen LogP contribution in [0.4, 0.5) is 0 Å². The second kappa shape index (κ2) is 13.1. The highest BCUT2D eigenvalue weighted by Crippen LogP contribution is 2.28. The molecule has 0 spiro atoms. The van der Waals surface area contributed by atoms with Crippen LogP contribution in [0.15, 0.2) is 52.3 Å². The summed E-state index contributed by atoms with van der Waals surface area (Å²) in [5.41, 5.74) is 1.15. The summed E-state index contributed by atoms with van der Waals surface area (Å²) in [6, 6.07) is 9.85. The van der Waals surface area contributed by atoms with E-state index in [9.17, 15) is 25.9 Å². The molecule has 0 radical (unpaired) electrons. The third-order valence-corrected chi connectivity index (χ3v) is 7.09. The molecule has 9 heteroatoms. The molecular formula is C24H34O7S2. The summed E-state index contributed by atoms with van der Waals surface area (Å²) in [4.78, 5) is -1.38. The molecule has 0 unspecified atom stereocenters. The molecule has 0 atom stereocenters. The summed E-state index contributed by atoms with van der Waals surface area (Å²) >= 11 is 0. The lowest BCUT2D eigenvalue weighted by molar-refractivity contribution is 0.465. The van der Waals surface area contributed by atoms with Crippen LogP contribution in [0.2, 0.25) is 0 Å². The molecule has 0 aromatic heterocycles. The molecule has 2 rings (SSSR count). The first-order valence-electron chi connectivity index (χ1n) is 11.5. The molecule has 184 valence electrons. The van der Waals surface area contributed by atoms with Crippen molar-refractivity contribution in [3.8, 4) is 11.5 Å². The molecule has 2 N–H and O–H groups in total. The summed E-state index contributed by atoms with van der Waals surface area (Å²) in [6.45, 7) is 2.23. The minimum absolute atomic E-state index is 0.139. The second-order valence-electron chi connectivity index (χ2n) is 8.27. The second-order valence-corrected chi connectivity index (χ2v) is 11.1. The van der Waals surface area contributed by atoms with Crippen molar-refractivity contribution in [2.24, 2.45) is 0 Å². The highest BCUT2D eigenvalue weighted by molar-refractivity contribution is 7.86. The maximum atomic E-state index is 11.4. The molecule has 0 saturated heterocycles. The van der Waals surface area contributed by atoms with Gasteiger partial charge in [-0.3, -0.25) is 9.11 Å². The fourth-order valence-corrected chi connectivity index (χ4v) is 4.74. The van der Waals surface area contributed by atoms with Crippen molar-refractivity contribution in [3.05, 3.63) is 48.0 Å². The first-order valence-corrected chi connectivity index (χ1v) is 14.3. The summed E-state index contributed by atoms with van der Waals surface area (Å²) < 4.78 is 69.7. The van der Waals surface area contributed by atoms with Crippen LogP contribution in [0, 0.1) is 0 Å². The van der Waals surface area contributed by atoms with Crippen LogP contribution >= 0.6 is 0 Å². The minimum atomic E-state index is -4.69. The Morgan fingerprint density at radius 3 is 1.55 bits per heavy atom. The third-order valence-electron chi connectivity index (χ3n) is 5.43. The Labute approximate surface area is 197 Å². The van der Waals surface area contributed by atoms with Gasteiger partial charge in [0.2, 0.25) is 0 Å². The standard InChI is InChI=1S/C24H34O7S2/c1-2-3-4-5-6-7-8-9-10-11-12-20-13-15-21(16-14-20)31-22-17-23(32(25,26)27)19-24(18-22)33(28,29)30/h13-19H,2-12H2,1H3,(H,25,26,27)(H,28,29,30). The van der Waals surface area contributed by atoms with E-state index in [2.05, 4.69) is 6.92 Å². The molecule has 0 heterocycles. The van der Waals surface area contributed by atoms with E-state index in [0.717, 1.165) is 30.5 Å². The Balaban J connectivity index is 1.85. The maximum absolute atomic E-state index is 11.4. The van der Waals surface area contributed by atoms with E-state index in [0.29, 0.717) is 11.8 Å². The summed E-state index contributed by atoms with van der Waals surface area (Å²) in [6.07, 6.45) is 13.7. The average molecular weight is 499 g/mol. The van der Waals surface area contributed by atoms with Gasteiger partial charge in [0.25, 0.3) is 20.2 Å². The molecule has 2 aromatic carbocycles. The Kier molecular flexibility index (Phi) is 10.8. The van der Waals surface area contributed by atoms with Gasteiger partial charge in [-0.05, 0) is 36.6 Å². The zero-order valence-electron chi connectivity index (χ0n) is 19.1. The zero-order chi connectivity index (χ0) is 24.3. The molecule has 0 fully saturated rings. The van der Waals surface area contributed by atoms with Crippen molar-refractivity contribution in [2.45, 2.75) is 87.3 Å².